The van der Waals surface area contributed by atoms with Crippen LogP contribution in [0, 0.1) is 19.8 Å². The van der Waals surface area contributed by atoms with E-state index in [1.165, 1.54) is 18.2 Å². The zero-order valence-corrected chi connectivity index (χ0v) is 16.7. The van der Waals surface area contributed by atoms with Gasteiger partial charge in [-0.3, -0.25) is 9.69 Å². The van der Waals surface area contributed by atoms with Gasteiger partial charge in [0, 0.05) is 45.8 Å². The Morgan fingerprint density at radius 3 is 2.81 bits per heavy atom. The number of aliphatic hydroxyl groups is 1. The number of carbonyl (C=O) groups is 1. The van der Waals surface area contributed by atoms with Crippen molar-refractivity contribution < 1.29 is 19.4 Å². The van der Waals surface area contributed by atoms with E-state index >= 15 is 0 Å². The molecule has 0 radical (unpaired) electrons. The highest BCUT2D eigenvalue weighted by molar-refractivity contribution is 5.77. The molecule has 1 N–H and O–H groups in total. The minimum absolute atomic E-state index is 0.00919. The highest BCUT2D eigenvalue weighted by Gasteiger charge is 2.45. The third kappa shape index (κ3) is 4.62. The Labute approximate surface area is 162 Å². The molecule has 6 heteroatoms. The SMILES string of the molecule is COCC(=O)N1CC[C@]2(O)CCN(CCOc3cccc(C)c3C)C[C@@H]2C1. The summed E-state index contributed by atoms with van der Waals surface area (Å²) in [7, 11) is 1.54. The van der Waals surface area contributed by atoms with Gasteiger partial charge in [0.15, 0.2) is 0 Å². The predicted molar refractivity (Wildman–Crippen MR) is 104 cm³/mol. The summed E-state index contributed by atoms with van der Waals surface area (Å²) in [5.41, 5.74) is 1.78. The van der Waals surface area contributed by atoms with Crippen molar-refractivity contribution in [3.8, 4) is 5.75 Å². The number of fused-ring (bicyclic) bond motifs is 1. The number of likely N-dealkylation sites (tertiary alicyclic amines) is 2. The van der Waals surface area contributed by atoms with Gasteiger partial charge in [0.2, 0.25) is 5.91 Å². The molecule has 27 heavy (non-hydrogen) atoms. The molecule has 0 spiro atoms. The number of ether oxygens (including phenoxy) is 2. The lowest BCUT2D eigenvalue weighted by molar-refractivity contribution is -0.150. The van der Waals surface area contributed by atoms with E-state index in [0.717, 1.165) is 31.8 Å². The molecular weight excluding hydrogens is 344 g/mol. The number of piperidine rings is 2. The molecule has 150 valence electrons. The summed E-state index contributed by atoms with van der Waals surface area (Å²) in [5, 5.41) is 11.0. The lowest BCUT2D eigenvalue weighted by atomic mass is 9.75. The zero-order valence-electron chi connectivity index (χ0n) is 16.7. The first kappa shape index (κ1) is 20.1. The summed E-state index contributed by atoms with van der Waals surface area (Å²) < 4.78 is 11.0. The topological polar surface area (TPSA) is 62.2 Å². The second-order valence-corrected chi connectivity index (χ2v) is 7.92. The van der Waals surface area contributed by atoms with E-state index in [9.17, 15) is 9.90 Å². The monoisotopic (exact) mass is 376 g/mol. The lowest BCUT2D eigenvalue weighted by Crippen LogP contribution is -2.61. The number of aryl methyl sites for hydroxylation is 1. The number of nitrogens with zero attached hydrogens (tertiary/aromatic N) is 2. The van der Waals surface area contributed by atoms with E-state index in [1.54, 1.807) is 0 Å². The Morgan fingerprint density at radius 2 is 2.04 bits per heavy atom. The Morgan fingerprint density at radius 1 is 1.26 bits per heavy atom. The molecule has 1 aromatic rings. The molecule has 2 aliphatic rings. The number of hydrogen-bond donors (Lipinski definition) is 1. The first-order chi connectivity index (χ1) is 12.9. The van der Waals surface area contributed by atoms with Gasteiger partial charge in [-0.2, -0.15) is 0 Å². The van der Waals surface area contributed by atoms with Crippen LogP contribution in [0.25, 0.3) is 0 Å². The number of amides is 1. The first-order valence-electron chi connectivity index (χ1n) is 9.83. The third-order valence-corrected chi connectivity index (χ3v) is 6.20. The van der Waals surface area contributed by atoms with Gasteiger partial charge >= 0.3 is 0 Å². The smallest absolute Gasteiger partial charge is 0.248 e. The van der Waals surface area contributed by atoms with Gasteiger partial charge in [-0.15, -0.1) is 0 Å². The van der Waals surface area contributed by atoms with Crippen LogP contribution in [-0.4, -0.2) is 79.5 Å². The van der Waals surface area contributed by atoms with E-state index in [1.807, 2.05) is 17.0 Å². The number of benzene rings is 1. The molecule has 1 aromatic carbocycles. The molecule has 6 nitrogen and oxygen atoms in total. The molecule has 0 aliphatic carbocycles. The number of hydrogen-bond acceptors (Lipinski definition) is 5. The Bertz CT molecular complexity index is 666. The van der Waals surface area contributed by atoms with Crippen molar-refractivity contribution in [2.75, 3.05) is 53.0 Å². The normalized spacial score (nSPS) is 25.9. The van der Waals surface area contributed by atoms with Crippen molar-refractivity contribution in [3.63, 3.8) is 0 Å². The van der Waals surface area contributed by atoms with Gasteiger partial charge in [0.25, 0.3) is 0 Å². The predicted octanol–water partition coefficient (Wildman–Crippen LogP) is 1.61. The maximum absolute atomic E-state index is 12.1. The van der Waals surface area contributed by atoms with Crippen LogP contribution in [0.2, 0.25) is 0 Å². The number of methoxy groups -OCH3 is 1. The van der Waals surface area contributed by atoms with Crippen molar-refractivity contribution in [2.45, 2.75) is 32.3 Å². The Hall–Kier alpha value is -1.63. The summed E-state index contributed by atoms with van der Waals surface area (Å²) in [5.74, 6) is 1.04. The van der Waals surface area contributed by atoms with Crippen LogP contribution < -0.4 is 4.74 Å². The lowest BCUT2D eigenvalue weighted by Gasteiger charge is -2.50. The molecule has 2 fully saturated rings. The number of carbonyl (C=O) groups excluding carboxylic acids is 1. The van der Waals surface area contributed by atoms with Crippen molar-refractivity contribution in [1.82, 2.24) is 9.80 Å². The molecule has 2 atom stereocenters. The molecule has 0 unspecified atom stereocenters. The van der Waals surface area contributed by atoms with Crippen LogP contribution in [0.4, 0.5) is 0 Å². The van der Waals surface area contributed by atoms with Crippen LogP contribution in [0.3, 0.4) is 0 Å². The first-order valence-corrected chi connectivity index (χ1v) is 9.83. The molecule has 2 heterocycles. The standard InChI is InChI=1S/C21H32N2O4/c1-16-5-4-6-19(17(16)2)27-12-11-22-9-7-21(25)8-10-23(14-18(21)13-22)20(24)15-26-3/h4-6,18,25H,7-15H2,1-3H3/t18-,21-/m1/s1. The van der Waals surface area contributed by atoms with Crippen LogP contribution >= 0.6 is 0 Å². The second kappa shape index (κ2) is 8.59. The van der Waals surface area contributed by atoms with E-state index in [2.05, 4.69) is 24.8 Å². The highest BCUT2D eigenvalue weighted by atomic mass is 16.5. The van der Waals surface area contributed by atoms with E-state index in [0.29, 0.717) is 26.1 Å². The quantitative estimate of drug-likeness (QED) is 0.817. The van der Waals surface area contributed by atoms with Crippen molar-refractivity contribution in [3.05, 3.63) is 29.3 Å². The van der Waals surface area contributed by atoms with Gasteiger partial charge in [0.05, 0.1) is 5.60 Å². The van der Waals surface area contributed by atoms with Crippen LogP contribution in [0.15, 0.2) is 18.2 Å². The van der Waals surface area contributed by atoms with Gasteiger partial charge in [-0.05, 0) is 43.9 Å². The second-order valence-electron chi connectivity index (χ2n) is 7.92. The minimum Gasteiger partial charge on any atom is -0.492 e. The van der Waals surface area contributed by atoms with E-state index in [4.69, 9.17) is 9.47 Å². The maximum Gasteiger partial charge on any atom is 0.248 e. The summed E-state index contributed by atoms with van der Waals surface area (Å²) in [6, 6.07) is 6.12. The average Bonchev–Trinajstić information content (AvgIpc) is 2.65. The highest BCUT2D eigenvalue weighted by Crippen LogP contribution is 2.35. The van der Waals surface area contributed by atoms with Crippen molar-refractivity contribution in [2.24, 2.45) is 5.92 Å². The molecule has 3 rings (SSSR count). The van der Waals surface area contributed by atoms with Crippen molar-refractivity contribution >= 4 is 5.91 Å². The van der Waals surface area contributed by atoms with E-state index in [-0.39, 0.29) is 18.4 Å². The molecular formula is C21H32N2O4. The summed E-state index contributed by atoms with van der Waals surface area (Å²) in [6.45, 7) is 8.62. The van der Waals surface area contributed by atoms with Gasteiger partial charge in [-0.25, -0.2) is 0 Å². The van der Waals surface area contributed by atoms with Crippen LogP contribution in [0.5, 0.6) is 5.75 Å². The molecule has 0 bridgehead atoms. The Balaban J connectivity index is 1.52. The molecule has 2 aliphatic heterocycles. The fourth-order valence-corrected chi connectivity index (χ4v) is 4.18. The molecule has 0 saturated carbocycles. The van der Waals surface area contributed by atoms with Gasteiger partial charge in [-0.1, -0.05) is 12.1 Å². The molecule has 0 aromatic heterocycles. The Kier molecular flexibility index (Phi) is 6.40. The van der Waals surface area contributed by atoms with Gasteiger partial charge in [0.1, 0.15) is 19.0 Å². The van der Waals surface area contributed by atoms with Crippen molar-refractivity contribution in [1.29, 1.82) is 0 Å². The van der Waals surface area contributed by atoms with Crippen LogP contribution in [-0.2, 0) is 9.53 Å². The van der Waals surface area contributed by atoms with Gasteiger partial charge < -0.3 is 19.5 Å². The fourth-order valence-electron chi connectivity index (χ4n) is 4.18. The molecule has 2 saturated heterocycles. The van der Waals surface area contributed by atoms with E-state index < -0.39 is 5.60 Å². The average molecular weight is 376 g/mol. The summed E-state index contributed by atoms with van der Waals surface area (Å²) in [6.07, 6.45) is 1.41. The minimum atomic E-state index is -0.645. The summed E-state index contributed by atoms with van der Waals surface area (Å²) >= 11 is 0. The third-order valence-electron chi connectivity index (χ3n) is 6.20. The largest absolute Gasteiger partial charge is 0.492 e. The van der Waals surface area contributed by atoms with Crippen LogP contribution in [0.1, 0.15) is 24.0 Å². The number of rotatable bonds is 6. The maximum atomic E-state index is 12.1. The zero-order chi connectivity index (χ0) is 19.4. The summed E-state index contributed by atoms with van der Waals surface area (Å²) in [4.78, 5) is 16.3. The fraction of sp³-hybridized carbons (Fsp3) is 0.667. The molecule has 1 amide bonds.